The normalized spacial score (nSPS) is 30.5. The zero-order valence-corrected chi connectivity index (χ0v) is 15.2. The number of thioether (sulfide) groups is 1. The third-order valence-corrected chi connectivity index (χ3v) is 7.43. The summed E-state index contributed by atoms with van der Waals surface area (Å²) in [6.07, 6.45) is 15.4. The van der Waals surface area contributed by atoms with Crippen LogP contribution in [-0.2, 0) is 0 Å². The highest BCUT2D eigenvalue weighted by Gasteiger charge is 2.67. The topological polar surface area (TPSA) is 0 Å². The lowest BCUT2D eigenvalue weighted by atomic mass is 9.84. The number of hydrogen-bond acceptors (Lipinski definition) is 1. The van der Waals surface area contributed by atoms with Gasteiger partial charge in [0.25, 0.3) is 0 Å². The molecule has 22 heavy (non-hydrogen) atoms. The van der Waals surface area contributed by atoms with Crippen molar-refractivity contribution in [1.29, 1.82) is 0 Å². The Bertz CT molecular complexity index is 521. The van der Waals surface area contributed by atoms with Crippen LogP contribution in [0.1, 0.15) is 56.9 Å². The highest BCUT2D eigenvalue weighted by molar-refractivity contribution is 8.01. The third kappa shape index (κ3) is 3.41. The molecule has 0 bridgehead atoms. The largest absolute Gasteiger partial charge is 0.122 e. The van der Waals surface area contributed by atoms with Crippen molar-refractivity contribution in [2.45, 2.75) is 67.9 Å². The molecule has 2 fully saturated rings. The highest BCUT2D eigenvalue weighted by atomic mass is 35.5. The minimum absolute atomic E-state index is 0.552. The van der Waals surface area contributed by atoms with Gasteiger partial charge in [0.2, 0.25) is 0 Å². The van der Waals surface area contributed by atoms with Gasteiger partial charge in [0.15, 0.2) is 0 Å². The Balaban J connectivity index is 1.61. The lowest BCUT2D eigenvalue weighted by molar-refractivity contribution is 0.327. The van der Waals surface area contributed by atoms with E-state index in [1.807, 2.05) is 0 Å². The number of unbranched alkanes of at least 4 members (excludes halogenated alkanes) is 1. The monoisotopic (exact) mass is 334 g/mol. The standard InChI is InChI=1S/C20H27ClS/c1-17-8-10-18(11-9-17)22-20-14-6-5-13-19(20,16-20)12-4-2-3-7-15-21/h3,7-11H,2,4-6,12-16H2,1H3/b7-3+/t19-,20-/m1/s1. The lowest BCUT2D eigenvalue weighted by Gasteiger charge is -2.30. The van der Waals surface area contributed by atoms with Crippen LogP contribution in [0.25, 0.3) is 0 Å². The fourth-order valence-corrected chi connectivity index (χ4v) is 6.12. The zero-order chi connectivity index (χ0) is 15.5. The number of rotatable bonds is 7. The Hall–Kier alpha value is -0.400. The smallest absolute Gasteiger partial charge is 0.0404 e. The molecular weight excluding hydrogens is 308 g/mol. The van der Waals surface area contributed by atoms with Crippen LogP contribution < -0.4 is 0 Å². The number of allylic oxidation sites excluding steroid dienone is 2. The molecule has 0 aromatic heterocycles. The third-order valence-electron chi connectivity index (χ3n) is 5.57. The summed E-state index contributed by atoms with van der Waals surface area (Å²) >= 11 is 7.88. The van der Waals surface area contributed by atoms with E-state index in [9.17, 15) is 0 Å². The van der Waals surface area contributed by atoms with Crippen LogP contribution >= 0.6 is 23.4 Å². The average molecular weight is 335 g/mol. The first-order valence-corrected chi connectivity index (χ1v) is 10.0. The molecule has 2 aliphatic rings. The summed E-state index contributed by atoms with van der Waals surface area (Å²) in [5, 5.41) is 0. The second-order valence-corrected chi connectivity index (χ2v) is 8.86. The van der Waals surface area contributed by atoms with Gasteiger partial charge in [-0.1, -0.05) is 42.7 Å². The van der Waals surface area contributed by atoms with E-state index in [1.54, 1.807) is 0 Å². The van der Waals surface area contributed by atoms with E-state index in [0.717, 1.165) is 0 Å². The van der Waals surface area contributed by atoms with Crippen molar-refractivity contribution >= 4 is 23.4 Å². The molecule has 0 amide bonds. The molecule has 2 aliphatic carbocycles. The first kappa shape index (κ1) is 16.5. The van der Waals surface area contributed by atoms with Gasteiger partial charge >= 0.3 is 0 Å². The summed E-state index contributed by atoms with van der Waals surface area (Å²) < 4.78 is 0.552. The van der Waals surface area contributed by atoms with Crippen molar-refractivity contribution in [3.8, 4) is 0 Å². The number of aryl methyl sites for hydroxylation is 1. The molecule has 0 radical (unpaired) electrons. The quantitative estimate of drug-likeness (QED) is 0.301. The van der Waals surface area contributed by atoms with Crippen molar-refractivity contribution in [3.05, 3.63) is 42.0 Å². The average Bonchev–Trinajstić information content (AvgIpc) is 3.18. The van der Waals surface area contributed by atoms with Crippen LogP contribution in [0.2, 0.25) is 0 Å². The van der Waals surface area contributed by atoms with E-state index in [0.29, 0.717) is 16.0 Å². The van der Waals surface area contributed by atoms with Gasteiger partial charge in [-0.2, -0.15) is 0 Å². The van der Waals surface area contributed by atoms with Crippen LogP contribution in [0, 0.1) is 12.3 Å². The molecule has 0 aliphatic heterocycles. The summed E-state index contributed by atoms with van der Waals surface area (Å²) in [6, 6.07) is 9.14. The first-order chi connectivity index (χ1) is 10.7. The predicted molar refractivity (Wildman–Crippen MR) is 99.0 cm³/mol. The highest BCUT2D eigenvalue weighted by Crippen LogP contribution is 2.74. The maximum absolute atomic E-state index is 5.70. The lowest BCUT2D eigenvalue weighted by Crippen LogP contribution is -2.21. The van der Waals surface area contributed by atoms with Gasteiger partial charge in [0.05, 0.1) is 0 Å². The SMILES string of the molecule is Cc1ccc(S[C@@]23CCCC[C@]2(CCC/C=C/CCl)C3)cc1. The second kappa shape index (κ2) is 7.01. The second-order valence-electron chi connectivity index (χ2n) is 7.09. The van der Waals surface area contributed by atoms with E-state index in [-0.39, 0.29) is 0 Å². The van der Waals surface area contributed by atoms with Gasteiger partial charge in [-0.25, -0.2) is 0 Å². The Kier molecular flexibility index (Phi) is 5.24. The van der Waals surface area contributed by atoms with E-state index in [4.69, 9.17) is 11.6 Å². The molecule has 2 atom stereocenters. The molecule has 0 heterocycles. The molecular formula is C20H27ClS. The number of benzene rings is 1. The minimum Gasteiger partial charge on any atom is -0.122 e. The van der Waals surface area contributed by atoms with Gasteiger partial charge in [0, 0.05) is 15.5 Å². The Morgan fingerprint density at radius 3 is 2.68 bits per heavy atom. The van der Waals surface area contributed by atoms with Crippen molar-refractivity contribution in [2.75, 3.05) is 5.88 Å². The molecule has 2 heteroatoms. The van der Waals surface area contributed by atoms with Crippen LogP contribution in [0.4, 0.5) is 0 Å². The van der Waals surface area contributed by atoms with Gasteiger partial charge in [-0.15, -0.1) is 23.4 Å². The molecule has 3 rings (SSSR count). The summed E-state index contributed by atoms with van der Waals surface area (Å²) in [5.41, 5.74) is 1.99. The van der Waals surface area contributed by atoms with Crippen molar-refractivity contribution in [2.24, 2.45) is 5.41 Å². The van der Waals surface area contributed by atoms with Crippen molar-refractivity contribution in [1.82, 2.24) is 0 Å². The molecule has 0 N–H and O–H groups in total. The molecule has 1 aromatic carbocycles. The Labute approximate surface area is 144 Å². The molecule has 0 saturated heterocycles. The number of hydrogen-bond donors (Lipinski definition) is 0. The minimum atomic E-state index is 0.552. The van der Waals surface area contributed by atoms with Gasteiger partial charge < -0.3 is 0 Å². The van der Waals surface area contributed by atoms with E-state index < -0.39 is 0 Å². The predicted octanol–water partition coefficient (Wildman–Crippen LogP) is 6.76. The fraction of sp³-hybridized carbons (Fsp3) is 0.600. The molecule has 0 nitrogen and oxygen atoms in total. The molecule has 0 unspecified atom stereocenters. The summed E-state index contributed by atoms with van der Waals surface area (Å²) in [4.78, 5) is 1.47. The fourth-order valence-electron chi connectivity index (χ4n) is 4.25. The molecule has 0 spiro atoms. The van der Waals surface area contributed by atoms with E-state index in [2.05, 4.69) is 55.1 Å². The van der Waals surface area contributed by atoms with Crippen LogP contribution in [0.3, 0.4) is 0 Å². The first-order valence-electron chi connectivity index (χ1n) is 8.66. The maximum Gasteiger partial charge on any atom is 0.0404 e. The summed E-state index contributed by atoms with van der Waals surface area (Å²) in [7, 11) is 0. The number of fused-ring (bicyclic) bond motifs is 1. The van der Waals surface area contributed by atoms with E-state index >= 15 is 0 Å². The van der Waals surface area contributed by atoms with Crippen LogP contribution in [0.15, 0.2) is 41.3 Å². The van der Waals surface area contributed by atoms with E-state index in [1.165, 1.54) is 61.8 Å². The zero-order valence-electron chi connectivity index (χ0n) is 13.6. The van der Waals surface area contributed by atoms with Crippen molar-refractivity contribution < 1.29 is 0 Å². The number of alkyl halides is 1. The van der Waals surface area contributed by atoms with Crippen molar-refractivity contribution in [3.63, 3.8) is 0 Å². The molecule has 1 aromatic rings. The molecule has 2 saturated carbocycles. The summed E-state index contributed by atoms with van der Waals surface area (Å²) in [6.45, 7) is 2.17. The van der Waals surface area contributed by atoms with Gasteiger partial charge in [-0.3, -0.25) is 0 Å². The Morgan fingerprint density at radius 2 is 1.91 bits per heavy atom. The Morgan fingerprint density at radius 1 is 1.14 bits per heavy atom. The van der Waals surface area contributed by atoms with Gasteiger partial charge in [0.1, 0.15) is 0 Å². The maximum atomic E-state index is 5.70. The summed E-state index contributed by atoms with van der Waals surface area (Å²) in [5.74, 6) is 0.651. The van der Waals surface area contributed by atoms with Gasteiger partial charge in [-0.05, 0) is 63.0 Å². The van der Waals surface area contributed by atoms with Crippen LogP contribution in [0.5, 0.6) is 0 Å². The van der Waals surface area contributed by atoms with Crippen LogP contribution in [-0.4, -0.2) is 10.6 Å². The molecule has 120 valence electrons. The number of halogens is 1.